The number of benzene rings is 3. The fraction of sp³-hybridized carbons (Fsp3) is 0.303. The van der Waals surface area contributed by atoms with E-state index in [1.807, 2.05) is 29.2 Å². The van der Waals surface area contributed by atoms with Crippen LogP contribution in [0.2, 0.25) is 0 Å². The van der Waals surface area contributed by atoms with Crippen LogP contribution < -0.4 is 0 Å². The zero-order chi connectivity index (χ0) is 28.3. The minimum atomic E-state index is -0.498. The van der Waals surface area contributed by atoms with Crippen LogP contribution in [-0.2, 0) is 6.54 Å². The van der Waals surface area contributed by atoms with Crippen LogP contribution in [0.5, 0.6) is 0 Å². The molecule has 0 N–H and O–H groups in total. The number of halogens is 2. The summed E-state index contributed by atoms with van der Waals surface area (Å²) in [4.78, 5) is 18.1. The number of nitriles is 1. The smallest absolute Gasteiger partial charge is 0.257 e. The van der Waals surface area contributed by atoms with Crippen LogP contribution in [0.4, 0.5) is 8.78 Å². The third-order valence-corrected chi connectivity index (χ3v) is 8.39. The van der Waals surface area contributed by atoms with Gasteiger partial charge >= 0.3 is 0 Å². The predicted molar refractivity (Wildman–Crippen MR) is 152 cm³/mol. The van der Waals surface area contributed by atoms with Crippen molar-refractivity contribution in [3.8, 4) is 11.8 Å². The van der Waals surface area contributed by atoms with Gasteiger partial charge in [-0.05, 0) is 79.9 Å². The average molecular weight is 552 g/mol. The molecule has 208 valence electrons. The quantitative estimate of drug-likeness (QED) is 0.294. The van der Waals surface area contributed by atoms with E-state index in [2.05, 4.69) is 22.1 Å². The largest absolute Gasteiger partial charge is 0.338 e. The first-order chi connectivity index (χ1) is 20.0. The van der Waals surface area contributed by atoms with Crippen molar-refractivity contribution in [3.63, 3.8) is 0 Å². The fourth-order valence-corrected chi connectivity index (χ4v) is 6.19. The standard InChI is InChI=1S/C33H31F2N5O/c34-28-8-10-29(11-9-28)40-32(25-12-15-38(16-13-25)21-23-6-7-26(19-36)31(35)18-23)30(20-37-40)33(41)39-17-14-27(22-39)24-4-2-1-3-5-24/h1-11,18,20,25,27H,12-17,21-22H2/t27-/m0/s1. The Morgan fingerprint density at radius 1 is 0.927 bits per heavy atom. The van der Waals surface area contributed by atoms with Crippen LogP contribution in [0.3, 0.4) is 0 Å². The summed E-state index contributed by atoms with van der Waals surface area (Å²) in [6, 6.07) is 23.1. The molecule has 0 aliphatic carbocycles. The average Bonchev–Trinajstić information content (AvgIpc) is 3.67. The molecule has 4 aromatic rings. The summed E-state index contributed by atoms with van der Waals surface area (Å²) in [5, 5.41) is 13.7. The monoisotopic (exact) mass is 551 g/mol. The number of rotatable bonds is 6. The van der Waals surface area contributed by atoms with Gasteiger partial charge in [-0.3, -0.25) is 9.69 Å². The van der Waals surface area contributed by atoms with Crippen LogP contribution in [0.1, 0.15) is 63.8 Å². The molecule has 0 unspecified atom stereocenters. The first-order valence-electron chi connectivity index (χ1n) is 14.1. The van der Waals surface area contributed by atoms with Crippen molar-refractivity contribution in [2.75, 3.05) is 26.2 Å². The Morgan fingerprint density at radius 3 is 2.37 bits per heavy atom. The molecule has 2 saturated heterocycles. The number of amides is 1. The zero-order valence-corrected chi connectivity index (χ0v) is 22.7. The van der Waals surface area contributed by atoms with E-state index in [0.29, 0.717) is 31.1 Å². The van der Waals surface area contributed by atoms with Crippen molar-refractivity contribution in [2.45, 2.75) is 37.6 Å². The van der Waals surface area contributed by atoms with Gasteiger partial charge < -0.3 is 4.90 Å². The molecule has 2 fully saturated rings. The Morgan fingerprint density at radius 2 is 1.66 bits per heavy atom. The number of hydrogen-bond acceptors (Lipinski definition) is 4. The maximum Gasteiger partial charge on any atom is 0.257 e. The lowest BCUT2D eigenvalue weighted by Crippen LogP contribution is -2.34. The van der Waals surface area contributed by atoms with Gasteiger partial charge in [-0.25, -0.2) is 13.5 Å². The molecule has 0 saturated carbocycles. The third-order valence-electron chi connectivity index (χ3n) is 8.39. The van der Waals surface area contributed by atoms with Crippen molar-refractivity contribution in [2.24, 2.45) is 0 Å². The summed E-state index contributed by atoms with van der Waals surface area (Å²) in [6.07, 6.45) is 4.20. The maximum absolute atomic E-state index is 14.1. The lowest BCUT2D eigenvalue weighted by Gasteiger charge is -2.33. The topological polar surface area (TPSA) is 65.2 Å². The van der Waals surface area contributed by atoms with Crippen LogP contribution in [0.25, 0.3) is 5.69 Å². The van der Waals surface area contributed by atoms with Gasteiger partial charge in [0, 0.05) is 31.5 Å². The van der Waals surface area contributed by atoms with Crippen molar-refractivity contribution < 1.29 is 13.6 Å². The SMILES string of the molecule is N#Cc1ccc(CN2CCC(c3c(C(=O)N4CC[C@H](c5ccccc5)C4)cnn3-c3ccc(F)cc3)CC2)cc1F. The molecule has 6 rings (SSSR count). The number of carbonyl (C=O) groups is 1. The van der Waals surface area contributed by atoms with Gasteiger partial charge in [0.05, 0.1) is 28.7 Å². The lowest BCUT2D eigenvalue weighted by atomic mass is 9.90. The summed E-state index contributed by atoms with van der Waals surface area (Å²) >= 11 is 0. The van der Waals surface area contributed by atoms with Crippen LogP contribution in [-0.4, -0.2) is 51.7 Å². The molecule has 3 aromatic carbocycles. The van der Waals surface area contributed by atoms with E-state index in [9.17, 15) is 13.6 Å². The molecule has 1 atom stereocenters. The highest BCUT2D eigenvalue weighted by Gasteiger charge is 2.34. The van der Waals surface area contributed by atoms with Gasteiger partial charge in [0.15, 0.2) is 0 Å². The van der Waals surface area contributed by atoms with Crippen molar-refractivity contribution in [1.82, 2.24) is 19.6 Å². The highest BCUT2D eigenvalue weighted by atomic mass is 19.1. The second kappa shape index (κ2) is 11.6. The molecular formula is C33H31F2N5O. The minimum Gasteiger partial charge on any atom is -0.338 e. The molecule has 8 heteroatoms. The van der Waals surface area contributed by atoms with Gasteiger partial charge in [0.25, 0.3) is 5.91 Å². The van der Waals surface area contributed by atoms with E-state index in [0.717, 1.165) is 49.3 Å². The molecular weight excluding hydrogens is 520 g/mol. The molecule has 0 bridgehead atoms. The molecule has 2 aliphatic rings. The number of aromatic nitrogens is 2. The highest BCUT2D eigenvalue weighted by Crippen LogP contribution is 2.35. The Balaban J connectivity index is 1.22. The summed E-state index contributed by atoms with van der Waals surface area (Å²) in [5.41, 5.74) is 4.32. The summed E-state index contributed by atoms with van der Waals surface area (Å²) in [7, 11) is 0. The van der Waals surface area contributed by atoms with E-state index in [1.54, 1.807) is 29.1 Å². The van der Waals surface area contributed by atoms with Crippen LogP contribution in [0, 0.1) is 23.0 Å². The molecule has 1 amide bonds. The van der Waals surface area contributed by atoms with E-state index in [1.165, 1.54) is 29.8 Å². The lowest BCUT2D eigenvalue weighted by molar-refractivity contribution is 0.0788. The second-order valence-electron chi connectivity index (χ2n) is 11.0. The van der Waals surface area contributed by atoms with Gasteiger partial charge in [-0.15, -0.1) is 0 Å². The number of piperidine rings is 1. The fourth-order valence-electron chi connectivity index (χ4n) is 6.19. The van der Waals surface area contributed by atoms with E-state index in [-0.39, 0.29) is 23.2 Å². The summed E-state index contributed by atoms with van der Waals surface area (Å²) < 4.78 is 29.7. The molecule has 1 aromatic heterocycles. The van der Waals surface area contributed by atoms with E-state index >= 15 is 0 Å². The third kappa shape index (κ3) is 5.63. The Bertz CT molecular complexity index is 1570. The molecule has 0 spiro atoms. The Kier molecular flexibility index (Phi) is 7.62. The minimum absolute atomic E-state index is 0.0118. The van der Waals surface area contributed by atoms with Crippen LogP contribution >= 0.6 is 0 Å². The number of nitrogens with zero attached hydrogens (tertiary/aromatic N) is 5. The van der Waals surface area contributed by atoms with Crippen molar-refractivity contribution >= 4 is 5.91 Å². The summed E-state index contributed by atoms with van der Waals surface area (Å²) in [6.45, 7) is 3.50. The Labute approximate surface area is 238 Å². The zero-order valence-electron chi connectivity index (χ0n) is 22.7. The molecule has 41 heavy (non-hydrogen) atoms. The van der Waals surface area contributed by atoms with Gasteiger partial charge in [-0.2, -0.15) is 10.4 Å². The number of hydrogen-bond donors (Lipinski definition) is 0. The van der Waals surface area contributed by atoms with E-state index < -0.39 is 5.82 Å². The van der Waals surface area contributed by atoms with Crippen molar-refractivity contribution in [1.29, 1.82) is 5.26 Å². The maximum atomic E-state index is 14.1. The first kappa shape index (κ1) is 26.9. The molecule has 6 nitrogen and oxygen atoms in total. The van der Waals surface area contributed by atoms with Gasteiger partial charge in [-0.1, -0.05) is 36.4 Å². The second-order valence-corrected chi connectivity index (χ2v) is 11.0. The molecule has 0 radical (unpaired) electrons. The first-order valence-corrected chi connectivity index (χ1v) is 14.1. The number of likely N-dealkylation sites (tertiary alicyclic amines) is 2. The molecule has 3 heterocycles. The van der Waals surface area contributed by atoms with Gasteiger partial charge in [0.2, 0.25) is 0 Å². The highest BCUT2D eigenvalue weighted by molar-refractivity contribution is 5.95. The van der Waals surface area contributed by atoms with Crippen LogP contribution in [0.15, 0.2) is 79.0 Å². The van der Waals surface area contributed by atoms with E-state index in [4.69, 9.17) is 5.26 Å². The summed E-state index contributed by atoms with van der Waals surface area (Å²) in [5.74, 6) is -0.436. The Hall–Kier alpha value is -4.35. The predicted octanol–water partition coefficient (Wildman–Crippen LogP) is 6.03. The van der Waals surface area contributed by atoms with Gasteiger partial charge in [0.1, 0.15) is 17.7 Å². The van der Waals surface area contributed by atoms with Crippen molar-refractivity contribution in [3.05, 3.63) is 119 Å². The number of carbonyl (C=O) groups excluding carboxylic acids is 1. The molecule has 2 aliphatic heterocycles. The normalized spacial score (nSPS) is 18.0.